The van der Waals surface area contributed by atoms with Crippen molar-refractivity contribution >= 4 is 0 Å². The fourth-order valence-corrected chi connectivity index (χ4v) is 0.408. The first-order valence-corrected chi connectivity index (χ1v) is 3.26. The third-order valence-corrected chi connectivity index (χ3v) is 0.786. The lowest BCUT2D eigenvalue weighted by atomic mass is 10.4. The number of nitrogens with zero attached hydrogens (tertiary/aromatic N) is 1. The van der Waals surface area contributed by atoms with Crippen LogP contribution in [0.4, 0.5) is 0 Å². The lowest BCUT2D eigenvalue weighted by molar-refractivity contribution is 0.322. The van der Waals surface area contributed by atoms with E-state index in [2.05, 4.69) is 29.6 Å². The van der Waals surface area contributed by atoms with Gasteiger partial charge in [-0.25, -0.2) is 5.43 Å². The Balaban J connectivity index is 2.91. The minimum Gasteiger partial charge on any atom is -0.296 e. The molecule has 0 unspecified atom stereocenters. The molecule has 0 saturated heterocycles. The van der Waals surface area contributed by atoms with E-state index in [-0.39, 0.29) is 0 Å². The molecule has 0 aromatic carbocycles. The normalized spacial score (nSPS) is 11.3. The van der Waals surface area contributed by atoms with Crippen molar-refractivity contribution in [2.75, 3.05) is 20.8 Å². The first kappa shape index (κ1) is 8.88. The fraction of sp³-hybridized carbons (Fsp3) is 1.00. The van der Waals surface area contributed by atoms with Gasteiger partial charge in [-0.3, -0.25) is 10.3 Å². The minimum absolute atomic E-state index is 0.505. The molecule has 0 radical (unpaired) electrons. The number of rotatable bonds is 4. The number of nitrogens with one attached hydrogen (secondary N) is 2. The Morgan fingerprint density at radius 1 is 1.33 bits per heavy atom. The maximum absolute atomic E-state index is 3.09. The van der Waals surface area contributed by atoms with Gasteiger partial charge in [0.05, 0.1) is 6.67 Å². The first-order valence-electron chi connectivity index (χ1n) is 3.26. The van der Waals surface area contributed by atoms with Crippen molar-refractivity contribution in [1.82, 2.24) is 15.8 Å². The Kier molecular flexibility index (Phi) is 4.67. The highest BCUT2D eigenvalue weighted by molar-refractivity contribution is 4.45. The standard InChI is InChI=1S/C6H17N3/c1-6(2)8-7-5-9(3)4/h6-8H,5H2,1-4H3. The molecule has 0 atom stereocenters. The smallest absolute Gasteiger partial charge is 0.0610 e. The fourth-order valence-electron chi connectivity index (χ4n) is 0.408. The Morgan fingerprint density at radius 3 is 2.22 bits per heavy atom. The van der Waals surface area contributed by atoms with Crippen molar-refractivity contribution < 1.29 is 0 Å². The van der Waals surface area contributed by atoms with Crippen LogP contribution < -0.4 is 10.9 Å². The summed E-state index contributed by atoms with van der Waals surface area (Å²) in [6.07, 6.45) is 0. The quantitative estimate of drug-likeness (QED) is 0.415. The zero-order valence-corrected chi connectivity index (χ0v) is 6.73. The van der Waals surface area contributed by atoms with E-state index in [0.717, 1.165) is 6.67 Å². The lowest BCUT2D eigenvalue weighted by Crippen LogP contribution is -2.42. The molecule has 0 heterocycles. The van der Waals surface area contributed by atoms with Gasteiger partial charge < -0.3 is 0 Å². The number of hydrogen-bond acceptors (Lipinski definition) is 3. The molecule has 0 rings (SSSR count). The molecular formula is C6H17N3. The highest BCUT2D eigenvalue weighted by Gasteiger charge is 1.89. The van der Waals surface area contributed by atoms with Crippen LogP contribution >= 0.6 is 0 Å². The molecule has 56 valence electrons. The summed E-state index contributed by atoms with van der Waals surface area (Å²) in [5, 5.41) is 0. The molecule has 9 heavy (non-hydrogen) atoms. The SMILES string of the molecule is CC(C)NNCN(C)C. The van der Waals surface area contributed by atoms with E-state index in [1.54, 1.807) is 0 Å². The van der Waals surface area contributed by atoms with Crippen molar-refractivity contribution in [2.45, 2.75) is 19.9 Å². The van der Waals surface area contributed by atoms with E-state index in [1.807, 2.05) is 14.1 Å². The molecule has 0 aliphatic heterocycles. The molecule has 0 fully saturated rings. The summed E-state index contributed by atoms with van der Waals surface area (Å²) in [4.78, 5) is 2.06. The third-order valence-electron chi connectivity index (χ3n) is 0.786. The van der Waals surface area contributed by atoms with Gasteiger partial charge >= 0.3 is 0 Å². The van der Waals surface area contributed by atoms with Gasteiger partial charge in [0.1, 0.15) is 0 Å². The highest BCUT2D eigenvalue weighted by Crippen LogP contribution is 1.70. The van der Waals surface area contributed by atoms with Crippen molar-refractivity contribution in [3.05, 3.63) is 0 Å². The maximum atomic E-state index is 3.09. The van der Waals surface area contributed by atoms with Gasteiger partial charge in [-0.2, -0.15) is 0 Å². The molecule has 0 saturated carbocycles. The summed E-state index contributed by atoms with van der Waals surface area (Å²) >= 11 is 0. The number of hydrogen-bond donors (Lipinski definition) is 2. The molecule has 2 N–H and O–H groups in total. The lowest BCUT2D eigenvalue weighted by Gasteiger charge is -2.13. The van der Waals surface area contributed by atoms with Crippen molar-refractivity contribution in [1.29, 1.82) is 0 Å². The topological polar surface area (TPSA) is 27.3 Å². The molecule has 0 spiro atoms. The van der Waals surface area contributed by atoms with Crippen LogP contribution in [0.25, 0.3) is 0 Å². The average Bonchev–Trinajstić information content (AvgIpc) is 1.63. The second-order valence-electron chi connectivity index (χ2n) is 2.71. The zero-order chi connectivity index (χ0) is 7.28. The molecule has 3 nitrogen and oxygen atoms in total. The monoisotopic (exact) mass is 131 g/mol. The largest absolute Gasteiger partial charge is 0.296 e. The van der Waals surface area contributed by atoms with Crippen LogP contribution in [0.2, 0.25) is 0 Å². The second-order valence-corrected chi connectivity index (χ2v) is 2.71. The van der Waals surface area contributed by atoms with Gasteiger partial charge in [0.15, 0.2) is 0 Å². The van der Waals surface area contributed by atoms with Crippen LogP contribution in [0.1, 0.15) is 13.8 Å². The summed E-state index contributed by atoms with van der Waals surface area (Å²) < 4.78 is 0. The van der Waals surface area contributed by atoms with E-state index in [9.17, 15) is 0 Å². The van der Waals surface area contributed by atoms with Crippen LogP contribution in [-0.4, -0.2) is 31.7 Å². The second kappa shape index (κ2) is 4.73. The van der Waals surface area contributed by atoms with E-state index >= 15 is 0 Å². The average molecular weight is 131 g/mol. The Hall–Kier alpha value is -0.120. The molecule has 0 aliphatic carbocycles. The predicted octanol–water partition coefficient (Wildman–Crippen LogP) is 0.00810. The maximum Gasteiger partial charge on any atom is 0.0610 e. The van der Waals surface area contributed by atoms with Gasteiger partial charge in [-0.15, -0.1) is 0 Å². The Bertz CT molecular complexity index is 53.3. The minimum atomic E-state index is 0.505. The Morgan fingerprint density at radius 2 is 1.89 bits per heavy atom. The highest BCUT2D eigenvalue weighted by atomic mass is 15.4. The van der Waals surface area contributed by atoms with Crippen LogP contribution in [0, 0.1) is 0 Å². The first-order chi connectivity index (χ1) is 4.13. The van der Waals surface area contributed by atoms with E-state index in [0.29, 0.717) is 6.04 Å². The van der Waals surface area contributed by atoms with Crippen molar-refractivity contribution in [3.8, 4) is 0 Å². The summed E-state index contributed by atoms with van der Waals surface area (Å²) in [6, 6.07) is 0.505. The van der Waals surface area contributed by atoms with Gasteiger partial charge in [0.2, 0.25) is 0 Å². The Labute approximate surface area is 57.4 Å². The molecule has 0 amide bonds. The van der Waals surface area contributed by atoms with E-state index < -0.39 is 0 Å². The van der Waals surface area contributed by atoms with Gasteiger partial charge in [-0.1, -0.05) is 0 Å². The zero-order valence-electron chi connectivity index (χ0n) is 6.73. The molecule has 0 bridgehead atoms. The van der Waals surface area contributed by atoms with E-state index in [1.165, 1.54) is 0 Å². The van der Waals surface area contributed by atoms with Crippen LogP contribution in [0.3, 0.4) is 0 Å². The number of hydrazine groups is 1. The summed E-state index contributed by atoms with van der Waals surface area (Å²) in [6.45, 7) is 5.07. The van der Waals surface area contributed by atoms with Gasteiger partial charge in [0, 0.05) is 6.04 Å². The molecule has 3 heteroatoms. The van der Waals surface area contributed by atoms with Crippen molar-refractivity contribution in [3.63, 3.8) is 0 Å². The molecule has 0 aromatic rings. The molecular weight excluding hydrogens is 114 g/mol. The molecule has 0 aliphatic rings. The van der Waals surface area contributed by atoms with Gasteiger partial charge in [0.25, 0.3) is 0 Å². The van der Waals surface area contributed by atoms with E-state index in [4.69, 9.17) is 0 Å². The van der Waals surface area contributed by atoms with Gasteiger partial charge in [-0.05, 0) is 27.9 Å². The summed E-state index contributed by atoms with van der Waals surface area (Å²) in [5.41, 5.74) is 6.15. The summed E-state index contributed by atoms with van der Waals surface area (Å²) in [5.74, 6) is 0. The van der Waals surface area contributed by atoms with Crippen molar-refractivity contribution in [2.24, 2.45) is 0 Å². The molecule has 0 aromatic heterocycles. The van der Waals surface area contributed by atoms with Crippen LogP contribution in [-0.2, 0) is 0 Å². The summed E-state index contributed by atoms with van der Waals surface area (Å²) in [7, 11) is 4.05. The third kappa shape index (κ3) is 7.88. The predicted molar refractivity (Wildman–Crippen MR) is 40.0 cm³/mol. The van der Waals surface area contributed by atoms with Crippen LogP contribution in [0.5, 0.6) is 0 Å². The van der Waals surface area contributed by atoms with Crippen LogP contribution in [0.15, 0.2) is 0 Å².